The highest BCUT2D eigenvalue weighted by Crippen LogP contribution is 2.40. The lowest BCUT2D eigenvalue weighted by Crippen LogP contribution is -2.42. The minimum absolute atomic E-state index is 0.142. The normalized spacial score (nSPS) is 20.7. The lowest BCUT2D eigenvalue weighted by molar-refractivity contribution is 0.216. The van der Waals surface area contributed by atoms with Crippen molar-refractivity contribution in [2.75, 3.05) is 31.1 Å². The van der Waals surface area contributed by atoms with Gasteiger partial charge in [0.1, 0.15) is 16.5 Å². The van der Waals surface area contributed by atoms with Crippen molar-refractivity contribution in [1.82, 2.24) is 14.9 Å². The molecule has 0 radical (unpaired) electrons. The highest BCUT2D eigenvalue weighted by Gasteiger charge is 2.27. The van der Waals surface area contributed by atoms with Gasteiger partial charge in [0.15, 0.2) is 0 Å². The fourth-order valence-corrected chi connectivity index (χ4v) is 5.82. The minimum atomic E-state index is 0.142. The maximum absolute atomic E-state index is 10.1. The number of aliphatic hydroxyl groups is 1. The van der Waals surface area contributed by atoms with E-state index in [1.54, 1.807) is 11.3 Å². The summed E-state index contributed by atoms with van der Waals surface area (Å²) >= 11 is 1.71. The Morgan fingerprint density at radius 2 is 1.77 bits per heavy atom. The third kappa shape index (κ3) is 3.96. The molecule has 5 nitrogen and oxygen atoms in total. The van der Waals surface area contributed by atoms with Gasteiger partial charge >= 0.3 is 0 Å². The first kappa shape index (κ1) is 19.9. The van der Waals surface area contributed by atoms with Gasteiger partial charge < -0.3 is 10.0 Å². The molecule has 0 spiro atoms. The van der Waals surface area contributed by atoms with Crippen LogP contribution < -0.4 is 4.90 Å². The van der Waals surface area contributed by atoms with Gasteiger partial charge in [-0.1, -0.05) is 36.8 Å². The summed E-state index contributed by atoms with van der Waals surface area (Å²) in [5, 5.41) is 13.4. The molecule has 30 heavy (non-hydrogen) atoms. The Morgan fingerprint density at radius 1 is 0.967 bits per heavy atom. The summed E-state index contributed by atoms with van der Waals surface area (Å²) in [6.45, 7) is 4.22. The number of aliphatic hydroxyl groups excluding tert-OH is 1. The Balaban J connectivity index is 1.61. The van der Waals surface area contributed by atoms with E-state index in [0.717, 1.165) is 60.9 Å². The average molecular weight is 423 g/mol. The maximum atomic E-state index is 10.1. The van der Waals surface area contributed by atoms with Crippen molar-refractivity contribution in [3.63, 3.8) is 0 Å². The minimum Gasteiger partial charge on any atom is -0.394 e. The molecule has 3 aromatic rings. The van der Waals surface area contributed by atoms with Crippen LogP contribution in [0.4, 0.5) is 5.82 Å². The molecule has 2 fully saturated rings. The van der Waals surface area contributed by atoms with Gasteiger partial charge in [-0.15, -0.1) is 11.3 Å². The number of thiophene rings is 1. The first-order chi connectivity index (χ1) is 14.8. The predicted molar refractivity (Wildman–Crippen MR) is 124 cm³/mol. The Bertz CT molecular complexity index is 984. The molecule has 0 aliphatic carbocycles. The molecule has 1 atom stereocenters. The lowest BCUT2D eigenvalue weighted by Gasteiger charge is -2.36. The molecule has 0 saturated carbocycles. The molecule has 2 aliphatic heterocycles. The maximum Gasteiger partial charge on any atom is 0.146 e. The SMILES string of the molecule is OC[C@H]1CCCCN1c1nc(CN2CCCCC2)nc2scc(-c3ccccc3)c12. The predicted octanol–water partition coefficient (Wildman–Crippen LogP) is 4.70. The van der Waals surface area contributed by atoms with Crippen LogP contribution in [0, 0.1) is 0 Å². The Hall–Kier alpha value is -2.02. The smallest absolute Gasteiger partial charge is 0.146 e. The van der Waals surface area contributed by atoms with E-state index in [2.05, 4.69) is 45.5 Å². The van der Waals surface area contributed by atoms with Gasteiger partial charge in [-0.2, -0.15) is 0 Å². The van der Waals surface area contributed by atoms with Crippen molar-refractivity contribution in [2.45, 2.75) is 51.1 Å². The number of benzene rings is 1. The van der Waals surface area contributed by atoms with Gasteiger partial charge in [-0.3, -0.25) is 4.90 Å². The van der Waals surface area contributed by atoms with Gasteiger partial charge in [0.05, 0.1) is 24.6 Å². The monoisotopic (exact) mass is 422 g/mol. The summed E-state index contributed by atoms with van der Waals surface area (Å²) in [6.07, 6.45) is 7.21. The highest BCUT2D eigenvalue weighted by molar-refractivity contribution is 7.17. The Labute approximate surface area is 182 Å². The van der Waals surface area contributed by atoms with Crippen LogP contribution >= 0.6 is 11.3 Å². The van der Waals surface area contributed by atoms with Crippen molar-refractivity contribution in [1.29, 1.82) is 0 Å². The zero-order valence-corrected chi connectivity index (χ0v) is 18.3. The van der Waals surface area contributed by atoms with Crippen LogP contribution in [0.3, 0.4) is 0 Å². The zero-order valence-electron chi connectivity index (χ0n) is 17.5. The number of fused-ring (bicyclic) bond motifs is 1. The van der Waals surface area contributed by atoms with Crippen LogP contribution in [0.25, 0.3) is 21.3 Å². The molecule has 0 amide bonds. The number of anilines is 1. The molecule has 4 heterocycles. The molecule has 1 aromatic carbocycles. The van der Waals surface area contributed by atoms with Crippen molar-refractivity contribution in [2.24, 2.45) is 0 Å². The third-order valence-electron chi connectivity index (χ3n) is 6.47. The molecule has 6 heteroatoms. The van der Waals surface area contributed by atoms with E-state index >= 15 is 0 Å². The number of aromatic nitrogens is 2. The largest absolute Gasteiger partial charge is 0.394 e. The quantitative estimate of drug-likeness (QED) is 0.646. The Kier molecular flexibility index (Phi) is 5.97. The summed E-state index contributed by atoms with van der Waals surface area (Å²) in [7, 11) is 0. The van der Waals surface area contributed by atoms with Crippen molar-refractivity contribution in [3.8, 4) is 11.1 Å². The van der Waals surface area contributed by atoms with Crippen LogP contribution in [0.5, 0.6) is 0 Å². The first-order valence-electron chi connectivity index (χ1n) is 11.3. The number of hydrogen-bond acceptors (Lipinski definition) is 6. The highest BCUT2D eigenvalue weighted by atomic mass is 32.1. The summed E-state index contributed by atoms with van der Waals surface area (Å²) in [4.78, 5) is 16.0. The molecule has 2 saturated heterocycles. The van der Waals surface area contributed by atoms with Crippen molar-refractivity contribution in [3.05, 3.63) is 41.5 Å². The fraction of sp³-hybridized carbons (Fsp3) is 0.500. The number of nitrogens with zero attached hydrogens (tertiary/aromatic N) is 4. The van der Waals surface area contributed by atoms with E-state index in [9.17, 15) is 5.11 Å². The van der Waals surface area contributed by atoms with E-state index in [1.807, 2.05) is 0 Å². The van der Waals surface area contributed by atoms with Crippen LogP contribution in [-0.4, -0.2) is 52.3 Å². The number of hydrogen-bond donors (Lipinski definition) is 1. The van der Waals surface area contributed by atoms with E-state index in [0.29, 0.717) is 0 Å². The third-order valence-corrected chi connectivity index (χ3v) is 7.34. The second-order valence-electron chi connectivity index (χ2n) is 8.52. The topological polar surface area (TPSA) is 52.5 Å². The number of rotatable bonds is 5. The molecular formula is C24H30N4OS. The molecule has 2 aromatic heterocycles. The van der Waals surface area contributed by atoms with E-state index in [-0.39, 0.29) is 12.6 Å². The summed E-state index contributed by atoms with van der Waals surface area (Å²) in [5.41, 5.74) is 2.41. The second-order valence-corrected chi connectivity index (χ2v) is 9.38. The number of piperidine rings is 2. The fourth-order valence-electron chi connectivity index (χ4n) is 4.86. The molecule has 1 N–H and O–H groups in total. The molecule has 5 rings (SSSR count). The molecule has 158 valence electrons. The van der Waals surface area contributed by atoms with Crippen LogP contribution in [0.15, 0.2) is 35.7 Å². The molecule has 2 aliphatic rings. The van der Waals surface area contributed by atoms with E-state index < -0.39 is 0 Å². The Morgan fingerprint density at radius 3 is 2.57 bits per heavy atom. The van der Waals surface area contributed by atoms with Gasteiger partial charge in [0.25, 0.3) is 0 Å². The number of likely N-dealkylation sites (tertiary alicyclic amines) is 1. The van der Waals surface area contributed by atoms with Gasteiger partial charge in [0.2, 0.25) is 0 Å². The van der Waals surface area contributed by atoms with E-state index in [4.69, 9.17) is 9.97 Å². The standard InChI is InChI=1S/C24H30N4OS/c29-16-19-11-5-8-14-28(19)23-22-20(18-9-3-1-4-10-18)17-30-24(22)26-21(25-23)15-27-12-6-2-7-13-27/h1,3-4,9-10,17,19,29H,2,5-8,11-16H2/t19-/m1/s1. The molecule has 0 unspecified atom stereocenters. The summed E-state index contributed by atoms with van der Waals surface area (Å²) < 4.78 is 0. The zero-order chi connectivity index (χ0) is 20.3. The summed E-state index contributed by atoms with van der Waals surface area (Å²) in [6, 6.07) is 10.7. The summed E-state index contributed by atoms with van der Waals surface area (Å²) in [5.74, 6) is 1.94. The van der Waals surface area contributed by atoms with E-state index in [1.165, 1.54) is 36.8 Å². The van der Waals surface area contributed by atoms with Crippen LogP contribution in [-0.2, 0) is 6.54 Å². The molecule has 0 bridgehead atoms. The van der Waals surface area contributed by atoms with Gasteiger partial charge in [0, 0.05) is 17.5 Å². The molecular weight excluding hydrogens is 392 g/mol. The van der Waals surface area contributed by atoms with Gasteiger partial charge in [-0.05, 0) is 50.8 Å². The van der Waals surface area contributed by atoms with Crippen LogP contribution in [0.1, 0.15) is 44.3 Å². The van der Waals surface area contributed by atoms with Crippen LogP contribution in [0.2, 0.25) is 0 Å². The first-order valence-corrected chi connectivity index (χ1v) is 12.1. The van der Waals surface area contributed by atoms with Crippen molar-refractivity contribution < 1.29 is 5.11 Å². The van der Waals surface area contributed by atoms with Gasteiger partial charge in [-0.25, -0.2) is 9.97 Å². The van der Waals surface area contributed by atoms with Crippen molar-refractivity contribution >= 4 is 27.4 Å². The average Bonchev–Trinajstić information content (AvgIpc) is 3.24. The lowest BCUT2D eigenvalue weighted by atomic mass is 10.0. The second kappa shape index (κ2) is 9.00.